The molecule has 5 heteroatoms. The van der Waals surface area contributed by atoms with Crippen LogP contribution in [0.15, 0.2) is 30.3 Å². The van der Waals surface area contributed by atoms with Gasteiger partial charge in [-0.2, -0.15) is 0 Å². The van der Waals surface area contributed by atoms with Crippen molar-refractivity contribution in [1.82, 2.24) is 10.2 Å². The minimum absolute atomic E-state index is 0.0981. The second kappa shape index (κ2) is 8.46. The molecule has 1 aromatic rings. The zero-order valence-electron chi connectivity index (χ0n) is 13.8. The average molecular weight is 337 g/mol. The molecule has 1 saturated heterocycles. The molecule has 1 N–H and O–H groups in total. The number of hydrogen-bond acceptors (Lipinski definition) is 3. The van der Waals surface area contributed by atoms with E-state index in [1.807, 2.05) is 0 Å². The van der Waals surface area contributed by atoms with Crippen molar-refractivity contribution >= 4 is 22.8 Å². The van der Waals surface area contributed by atoms with E-state index in [0.29, 0.717) is 12.0 Å². The summed E-state index contributed by atoms with van der Waals surface area (Å²) in [5, 5.41) is 2.65. The fourth-order valence-electron chi connectivity index (χ4n) is 3.81. The summed E-state index contributed by atoms with van der Waals surface area (Å²) in [6, 6.07) is 11.4. The maximum atomic E-state index is 11.1. The number of halogens is 1. The van der Waals surface area contributed by atoms with Crippen LogP contribution in [0.4, 0.5) is 0 Å². The third-order valence-corrected chi connectivity index (χ3v) is 4.69. The topological polar surface area (TPSA) is 49.4 Å². The van der Waals surface area contributed by atoms with E-state index in [4.69, 9.17) is 0 Å². The van der Waals surface area contributed by atoms with Crippen molar-refractivity contribution in [3.8, 4) is 0 Å². The van der Waals surface area contributed by atoms with Crippen LogP contribution in [0.5, 0.6) is 0 Å². The van der Waals surface area contributed by atoms with Gasteiger partial charge in [0.05, 0.1) is 0 Å². The Morgan fingerprint density at radius 2 is 1.87 bits per heavy atom. The molecule has 1 aliphatic carbocycles. The summed E-state index contributed by atoms with van der Waals surface area (Å²) >= 11 is 4.64. The van der Waals surface area contributed by atoms with Crippen molar-refractivity contribution < 1.29 is 9.59 Å². The number of carbonyl (C=O) groups excluding carboxylic acids is 2. The maximum Gasteiger partial charge on any atom is 0.218 e. The molecule has 0 radical (unpaired) electrons. The van der Waals surface area contributed by atoms with Crippen LogP contribution in [0.25, 0.3) is 0 Å². The highest BCUT2D eigenvalue weighted by Gasteiger charge is 2.46. The first-order valence-corrected chi connectivity index (χ1v) is 8.53. The first kappa shape index (κ1) is 18.0. The molecule has 2 aliphatic rings. The Morgan fingerprint density at radius 1 is 1.22 bits per heavy atom. The Morgan fingerprint density at radius 3 is 2.48 bits per heavy atom. The number of nitrogens with one attached hydrogen (secondary N) is 1. The summed E-state index contributed by atoms with van der Waals surface area (Å²) in [5.74, 6) is 1.54. The molecule has 1 saturated carbocycles. The lowest BCUT2D eigenvalue weighted by Crippen LogP contribution is -2.36. The van der Waals surface area contributed by atoms with Crippen molar-refractivity contribution in [2.24, 2.45) is 11.8 Å². The van der Waals surface area contributed by atoms with Gasteiger partial charge < -0.3 is 5.32 Å². The van der Waals surface area contributed by atoms with Gasteiger partial charge in [0.25, 0.3) is 0 Å². The van der Waals surface area contributed by atoms with E-state index in [-0.39, 0.29) is 11.1 Å². The van der Waals surface area contributed by atoms with Gasteiger partial charge in [-0.25, -0.2) is 0 Å². The molecule has 2 bridgehead atoms. The lowest BCUT2D eigenvalue weighted by atomic mass is 9.98. The number of likely N-dealkylation sites (tertiary alicyclic amines) is 1. The van der Waals surface area contributed by atoms with Gasteiger partial charge >= 0.3 is 0 Å². The quantitative estimate of drug-likeness (QED) is 0.860. The molecule has 2 fully saturated rings. The van der Waals surface area contributed by atoms with E-state index < -0.39 is 0 Å². The number of carbonyl (C=O) groups is 2. The van der Waals surface area contributed by atoms with E-state index in [1.54, 1.807) is 6.92 Å². The van der Waals surface area contributed by atoms with Gasteiger partial charge in [0, 0.05) is 39.5 Å². The van der Waals surface area contributed by atoms with Crippen LogP contribution >= 0.6 is 11.6 Å². The minimum Gasteiger partial charge on any atom is -0.356 e. The maximum absolute atomic E-state index is 11.1. The van der Waals surface area contributed by atoms with Gasteiger partial charge in [-0.05, 0) is 41.8 Å². The molecular weight excluding hydrogens is 312 g/mol. The summed E-state index contributed by atoms with van der Waals surface area (Å²) in [5.41, 5.74) is 1.40. The van der Waals surface area contributed by atoms with Crippen LogP contribution in [-0.4, -0.2) is 35.2 Å². The third kappa shape index (κ3) is 5.33. The van der Waals surface area contributed by atoms with Crippen LogP contribution in [-0.2, 0) is 16.1 Å². The van der Waals surface area contributed by atoms with Gasteiger partial charge in [-0.1, -0.05) is 30.3 Å². The number of hydrogen-bond donors (Lipinski definition) is 1. The SMILES string of the molecule is CC(=O)Cl.CC(=O)NCC1C2CCC1N(Cc1ccccc1)C2. The smallest absolute Gasteiger partial charge is 0.218 e. The van der Waals surface area contributed by atoms with Gasteiger partial charge in [0.15, 0.2) is 0 Å². The molecular formula is C18H25ClN2O2. The first-order valence-electron chi connectivity index (χ1n) is 8.16. The van der Waals surface area contributed by atoms with Crippen molar-refractivity contribution in [1.29, 1.82) is 0 Å². The molecule has 1 aromatic carbocycles. The van der Waals surface area contributed by atoms with Crippen molar-refractivity contribution in [3.05, 3.63) is 35.9 Å². The summed E-state index contributed by atoms with van der Waals surface area (Å²) in [4.78, 5) is 22.9. The molecule has 4 nitrogen and oxygen atoms in total. The van der Waals surface area contributed by atoms with Crippen LogP contribution in [0.3, 0.4) is 0 Å². The normalized spacial score (nSPS) is 25.6. The second-order valence-corrected chi connectivity index (χ2v) is 6.92. The standard InChI is InChI=1S/C16H22N2O.C2H3ClO/c1-12(19)17-9-15-14-7-8-16(15)18(11-14)10-13-5-3-2-4-6-13;1-2(3)4/h2-6,14-16H,7-11H2,1H3,(H,17,19);1H3. The molecule has 0 aromatic heterocycles. The summed E-state index contributed by atoms with van der Waals surface area (Å²) in [6.07, 6.45) is 2.63. The lowest BCUT2D eigenvalue weighted by molar-refractivity contribution is -0.119. The molecule has 0 spiro atoms. The second-order valence-electron chi connectivity index (χ2n) is 6.39. The van der Waals surface area contributed by atoms with E-state index in [0.717, 1.165) is 19.0 Å². The number of fused-ring (bicyclic) bond motifs is 2. The molecule has 1 aliphatic heterocycles. The summed E-state index contributed by atoms with van der Waals surface area (Å²) < 4.78 is 0. The Kier molecular flexibility index (Phi) is 6.60. The highest BCUT2D eigenvalue weighted by Crippen LogP contribution is 2.42. The monoisotopic (exact) mass is 336 g/mol. The predicted octanol–water partition coefficient (Wildman–Crippen LogP) is 2.80. The Hall–Kier alpha value is -1.39. The minimum atomic E-state index is -0.361. The zero-order valence-corrected chi connectivity index (χ0v) is 14.6. The van der Waals surface area contributed by atoms with Crippen LogP contribution in [0.1, 0.15) is 32.3 Å². The molecule has 126 valence electrons. The van der Waals surface area contributed by atoms with Crippen LogP contribution in [0, 0.1) is 11.8 Å². The Balaban J connectivity index is 0.000000433. The van der Waals surface area contributed by atoms with Crippen molar-refractivity contribution in [2.45, 2.75) is 39.3 Å². The number of benzene rings is 1. The molecule has 3 unspecified atom stereocenters. The van der Waals surface area contributed by atoms with E-state index in [9.17, 15) is 9.59 Å². The Bertz CT molecular complexity index is 531. The summed E-state index contributed by atoms with van der Waals surface area (Å²) in [6.45, 7) is 6.01. The lowest BCUT2D eigenvalue weighted by Gasteiger charge is -2.27. The molecule has 3 rings (SSSR count). The highest BCUT2D eigenvalue weighted by atomic mass is 35.5. The third-order valence-electron chi connectivity index (χ3n) is 4.69. The molecule has 1 amide bonds. The fraction of sp³-hybridized carbons (Fsp3) is 0.556. The van der Waals surface area contributed by atoms with Gasteiger partial charge in [-0.3, -0.25) is 14.5 Å². The van der Waals surface area contributed by atoms with E-state index >= 15 is 0 Å². The highest BCUT2D eigenvalue weighted by molar-refractivity contribution is 6.62. The number of rotatable bonds is 4. The predicted molar refractivity (Wildman–Crippen MR) is 92.1 cm³/mol. The average Bonchev–Trinajstić information content (AvgIpc) is 3.02. The summed E-state index contributed by atoms with van der Waals surface area (Å²) in [7, 11) is 0. The Labute approximate surface area is 143 Å². The molecule has 3 atom stereocenters. The van der Waals surface area contributed by atoms with E-state index in [2.05, 4.69) is 52.1 Å². The first-order chi connectivity index (χ1) is 11.0. The largest absolute Gasteiger partial charge is 0.356 e. The van der Waals surface area contributed by atoms with Crippen LogP contribution in [0.2, 0.25) is 0 Å². The number of nitrogens with zero attached hydrogens (tertiary/aromatic N) is 1. The van der Waals surface area contributed by atoms with Crippen molar-refractivity contribution in [2.75, 3.05) is 13.1 Å². The fourth-order valence-corrected chi connectivity index (χ4v) is 3.81. The molecule has 23 heavy (non-hydrogen) atoms. The van der Waals surface area contributed by atoms with Gasteiger partial charge in [0.2, 0.25) is 11.1 Å². The van der Waals surface area contributed by atoms with Crippen LogP contribution < -0.4 is 5.32 Å². The van der Waals surface area contributed by atoms with Gasteiger partial charge in [-0.15, -0.1) is 0 Å². The number of amides is 1. The van der Waals surface area contributed by atoms with E-state index in [1.165, 1.54) is 31.9 Å². The number of piperidine rings is 1. The van der Waals surface area contributed by atoms with Crippen molar-refractivity contribution in [3.63, 3.8) is 0 Å². The zero-order chi connectivity index (χ0) is 16.8. The molecule has 1 heterocycles. The van der Waals surface area contributed by atoms with Gasteiger partial charge in [0.1, 0.15) is 0 Å².